The third-order valence-electron chi connectivity index (χ3n) is 4.37. The first-order valence-corrected chi connectivity index (χ1v) is 8.57. The lowest BCUT2D eigenvalue weighted by Gasteiger charge is -2.27. The van der Waals surface area contributed by atoms with Gasteiger partial charge >= 0.3 is 0 Å². The highest BCUT2D eigenvalue weighted by atomic mass is 127. The normalized spacial score (nSPS) is 16.2. The van der Waals surface area contributed by atoms with Gasteiger partial charge in [-0.3, -0.25) is 9.79 Å². The molecule has 1 atom stereocenters. The Morgan fingerprint density at radius 1 is 1.19 bits per heavy atom. The minimum Gasteiger partial charge on any atom is -0.467 e. The van der Waals surface area contributed by atoms with Crippen LogP contribution in [-0.4, -0.2) is 31.5 Å². The number of carbonyl (C=O) groups is 1. The quantitative estimate of drug-likeness (QED) is 0.358. The monoisotopic (exact) mass is 468 g/mol. The molecule has 7 heteroatoms. The van der Waals surface area contributed by atoms with Gasteiger partial charge in [0.15, 0.2) is 5.96 Å². The standard InChI is InChI=1S/C19H24N4O2.HI/c1-20-19(22-13-18(24)21-12-17-7-4-10-25-17)23-16-9-8-14-5-2-3-6-15(14)11-16;/h2-7,10,16H,8-9,11-13H2,1H3,(H,21,24)(H2,20,22,23);1H. The predicted octanol–water partition coefficient (Wildman–Crippen LogP) is 2.24. The van der Waals surface area contributed by atoms with E-state index in [0.29, 0.717) is 18.5 Å². The predicted molar refractivity (Wildman–Crippen MR) is 113 cm³/mol. The Hall–Kier alpha value is -2.03. The van der Waals surface area contributed by atoms with E-state index in [4.69, 9.17) is 4.42 Å². The van der Waals surface area contributed by atoms with Gasteiger partial charge in [-0.25, -0.2) is 0 Å². The summed E-state index contributed by atoms with van der Waals surface area (Å²) >= 11 is 0. The van der Waals surface area contributed by atoms with Crippen LogP contribution < -0.4 is 16.0 Å². The summed E-state index contributed by atoms with van der Waals surface area (Å²) in [5.74, 6) is 1.28. The summed E-state index contributed by atoms with van der Waals surface area (Å²) in [6.07, 6.45) is 4.69. The molecule has 1 aliphatic rings. The van der Waals surface area contributed by atoms with Crippen molar-refractivity contribution in [3.63, 3.8) is 0 Å². The number of aryl methyl sites for hydroxylation is 1. The Bertz CT molecular complexity index is 731. The summed E-state index contributed by atoms with van der Waals surface area (Å²) in [7, 11) is 1.72. The Labute approximate surface area is 170 Å². The van der Waals surface area contributed by atoms with Crippen molar-refractivity contribution in [2.75, 3.05) is 13.6 Å². The number of carbonyl (C=O) groups excluding carboxylic acids is 1. The van der Waals surface area contributed by atoms with Crippen LogP contribution in [0.5, 0.6) is 0 Å². The van der Waals surface area contributed by atoms with E-state index < -0.39 is 0 Å². The van der Waals surface area contributed by atoms with Gasteiger partial charge in [0.05, 0.1) is 19.4 Å². The van der Waals surface area contributed by atoms with Gasteiger partial charge in [0.25, 0.3) is 0 Å². The van der Waals surface area contributed by atoms with Gasteiger partial charge in [-0.2, -0.15) is 0 Å². The molecule has 0 fully saturated rings. The fraction of sp³-hybridized carbons (Fsp3) is 0.368. The number of fused-ring (bicyclic) bond motifs is 1. The number of amides is 1. The first kappa shape index (κ1) is 20.3. The van der Waals surface area contributed by atoms with Crippen molar-refractivity contribution in [2.24, 2.45) is 4.99 Å². The molecule has 0 bridgehead atoms. The van der Waals surface area contributed by atoms with Gasteiger partial charge in [0, 0.05) is 13.1 Å². The maximum absolute atomic E-state index is 11.9. The average Bonchev–Trinajstić information content (AvgIpc) is 3.17. The summed E-state index contributed by atoms with van der Waals surface area (Å²) in [5.41, 5.74) is 2.82. The van der Waals surface area contributed by atoms with Crippen molar-refractivity contribution in [3.05, 3.63) is 59.5 Å². The summed E-state index contributed by atoms with van der Waals surface area (Å²) < 4.78 is 5.19. The number of nitrogens with zero attached hydrogens (tertiary/aromatic N) is 1. The lowest BCUT2D eigenvalue weighted by molar-refractivity contribution is -0.120. The molecule has 1 amide bonds. The van der Waals surface area contributed by atoms with Gasteiger partial charge in [0.2, 0.25) is 5.91 Å². The average molecular weight is 468 g/mol. The maximum Gasteiger partial charge on any atom is 0.239 e. The van der Waals surface area contributed by atoms with Crippen molar-refractivity contribution >= 4 is 35.8 Å². The highest BCUT2D eigenvalue weighted by Gasteiger charge is 2.19. The number of halogens is 1. The molecule has 1 unspecified atom stereocenters. The first-order chi connectivity index (χ1) is 12.2. The fourth-order valence-corrected chi connectivity index (χ4v) is 3.03. The minimum absolute atomic E-state index is 0. The van der Waals surface area contributed by atoms with Crippen LogP contribution in [0.3, 0.4) is 0 Å². The number of furan rings is 1. The number of benzene rings is 1. The summed E-state index contributed by atoms with van der Waals surface area (Å²) in [4.78, 5) is 16.1. The lowest BCUT2D eigenvalue weighted by atomic mass is 9.88. The van der Waals surface area contributed by atoms with Crippen LogP contribution in [0.25, 0.3) is 0 Å². The molecule has 0 saturated carbocycles. The zero-order valence-electron chi connectivity index (χ0n) is 14.8. The van der Waals surface area contributed by atoms with Gasteiger partial charge < -0.3 is 20.4 Å². The van der Waals surface area contributed by atoms with E-state index in [1.54, 1.807) is 19.4 Å². The Morgan fingerprint density at radius 3 is 2.73 bits per heavy atom. The zero-order chi connectivity index (χ0) is 17.5. The van der Waals surface area contributed by atoms with E-state index in [-0.39, 0.29) is 36.4 Å². The van der Waals surface area contributed by atoms with E-state index in [1.807, 2.05) is 6.07 Å². The lowest BCUT2D eigenvalue weighted by Crippen LogP contribution is -2.48. The van der Waals surface area contributed by atoms with Crippen LogP contribution in [0.4, 0.5) is 0 Å². The summed E-state index contributed by atoms with van der Waals surface area (Å²) in [6, 6.07) is 12.5. The second-order valence-corrected chi connectivity index (χ2v) is 6.13. The highest BCUT2D eigenvalue weighted by molar-refractivity contribution is 14.0. The number of hydrogen-bond donors (Lipinski definition) is 3. The number of rotatable bonds is 5. The molecule has 3 rings (SSSR count). The molecule has 0 saturated heterocycles. The molecule has 1 heterocycles. The van der Waals surface area contributed by atoms with Gasteiger partial charge in [-0.1, -0.05) is 24.3 Å². The molecule has 0 radical (unpaired) electrons. The smallest absolute Gasteiger partial charge is 0.239 e. The highest BCUT2D eigenvalue weighted by Crippen LogP contribution is 2.20. The topological polar surface area (TPSA) is 78.7 Å². The molecule has 3 N–H and O–H groups in total. The minimum atomic E-state index is -0.103. The molecule has 0 spiro atoms. The molecule has 1 aromatic carbocycles. The van der Waals surface area contributed by atoms with E-state index in [2.05, 4.69) is 45.2 Å². The SMILES string of the molecule is CN=C(NCC(=O)NCc1ccco1)NC1CCc2ccccc2C1.I. The van der Waals surface area contributed by atoms with E-state index in [9.17, 15) is 4.79 Å². The third-order valence-corrected chi connectivity index (χ3v) is 4.37. The van der Waals surface area contributed by atoms with Gasteiger partial charge in [0.1, 0.15) is 5.76 Å². The van der Waals surface area contributed by atoms with Crippen LogP contribution in [0.2, 0.25) is 0 Å². The largest absolute Gasteiger partial charge is 0.467 e. The number of guanidine groups is 1. The maximum atomic E-state index is 11.9. The first-order valence-electron chi connectivity index (χ1n) is 8.57. The van der Waals surface area contributed by atoms with Gasteiger partial charge in [-0.05, 0) is 42.5 Å². The molecule has 26 heavy (non-hydrogen) atoms. The van der Waals surface area contributed by atoms with E-state index in [0.717, 1.165) is 25.0 Å². The molecule has 0 aliphatic heterocycles. The number of aliphatic imine (C=N–C) groups is 1. The Balaban J connectivity index is 0.00000243. The number of nitrogens with one attached hydrogen (secondary N) is 3. The zero-order valence-corrected chi connectivity index (χ0v) is 17.2. The molecular formula is C19H25IN4O2. The van der Waals surface area contributed by atoms with Crippen molar-refractivity contribution in [3.8, 4) is 0 Å². The van der Waals surface area contributed by atoms with Crippen LogP contribution in [0.15, 0.2) is 52.1 Å². The molecule has 2 aromatic rings. The van der Waals surface area contributed by atoms with E-state index >= 15 is 0 Å². The third kappa shape index (κ3) is 5.76. The summed E-state index contributed by atoms with van der Waals surface area (Å²) in [5, 5.41) is 9.28. The van der Waals surface area contributed by atoms with Crippen molar-refractivity contribution in [1.82, 2.24) is 16.0 Å². The summed E-state index contributed by atoms with van der Waals surface area (Å²) in [6.45, 7) is 0.558. The second-order valence-electron chi connectivity index (χ2n) is 6.13. The molecule has 1 aromatic heterocycles. The fourth-order valence-electron chi connectivity index (χ4n) is 3.03. The Kier molecular flexibility index (Phi) is 7.96. The molecule has 140 valence electrons. The van der Waals surface area contributed by atoms with Crippen LogP contribution in [0.1, 0.15) is 23.3 Å². The second kappa shape index (κ2) is 10.2. The van der Waals surface area contributed by atoms with Gasteiger partial charge in [-0.15, -0.1) is 24.0 Å². The molecule has 6 nitrogen and oxygen atoms in total. The van der Waals surface area contributed by atoms with Crippen LogP contribution in [0, 0.1) is 0 Å². The van der Waals surface area contributed by atoms with E-state index in [1.165, 1.54) is 11.1 Å². The van der Waals surface area contributed by atoms with Crippen molar-refractivity contribution in [1.29, 1.82) is 0 Å². The van der Waals surface area contributed by atoms with Crippen LogP contribution >= 0.6 is 24.0 Å². The Morgan fingerprint density at radius 2 is 2.00 bits per heavy atom. The molecule has 1 aliphatic carbocycles. The van der Waals surface area contributed by atoms with Crippen molar-refractivity contribution < 1.29 is 9.21 Å². The van der Waals surface area contributed by atoms with Crippen LogP contribution in [-0.2, 0) is 24.2 Å². The number of hydrogen-bond acceptors (Lipinski definition) is 3. The van der Waals surface area contributed by atoms with Crippen molar-refractivity contribution in [2.45, 2.75) is 31.8 Å². The molecular weight excluding hydrogens is 443 g/mol.